The van der Waals surface area contributed by atoms with E-state index in [2.05, 4.69) is 26.2 Å². The number of carbonyl (C=O) groups is 1. The Hall–Kier alpha value is -2.28. The Bertz CT molecular complexity index is 741. The number of nitrogens with zero attached hydrogens (tertiary/aromatic N) is 2. The minimum atomic E-state index is -0.154. The van der Waals surface area contributed by atoms with Gasteiger partial charge in [0.25, 0.3) is 0 Å². The fraction of sp³-hybridized carbons (Fsp3) is 0.333. The van der Waals surface area contributed by atoms with Crippen LogP contribution in [0.1, 0.15) is 13.3 Å². The van der Waals surface area contributed by atoms with Gasteiger partial charge in [0, 0.05) is 19.2 Å². The number of likely N-dealkylation sites (tertiary alicyclic amines) is 1. The summed E-state index contributed by atoms with van der Waals surface area (Å²) in [5.74, 6) is 1.22. The number of anilines is 1. The van der Waals surface area contributed by atoms with Crippen molar-refractivity contribution in [3.05, 3.63) is 47.1 Å². The van der Waals surface area contributed by atoms with E-state index in [4.69, 9.17) is 9.47 Å². The summed E-state index contributed by atoms with van der Waals surface area (Å²) in [5, 5.41) is 2.91. The predicted octanol–water partition coefficient (Wildman–Crippen LogP) is 3.93. The Morgan fingerprint density at radius 2 is 2.20 bits per heavy atom. The van der Waals surface area contributed by atoms with Crippen LogP contribution in [0.2, 0.25) is 0 Å². The van der Waals surface area contributed by atoms with Crippen LogP contribution in [0.15, 0.2) is 47.1 Å². The molecule has 1 N–H and O–H groups in total. The lowest BCUT2D eigenvalue weighted by Gasteiger charge is -2.19. The third kappa shape index (κ3) is 4.42. The molecule has 1 saturated heterocycles. The molecule has 1 unspecified atom stereocenters. The smallest absolute Gasteiger partial charge is 0.322 e. The molecule has 0 aliphatic carbocycles. The predicted molar refractivity (Wildman–Crippen MR) is 99.2 cm³/mol. The fourth-order valence-electron chi connectivity index (χ4n) is 2.67. The van der Waals surface area contributed by atoms with Crippen LogP contribution in [0.25, 0.3) is 0 Å². The summed E-state index contributed by atoms with van der Waals surface area (Å²) < 4.78 is 12.2. The van der Waals surface area contributed by atoms with Gasteiger partial charge in [-0.3, -0.25) is 0 Å². The van der Waals surface area contributed by atoms with Crippen LogP contribution < -0.4 is 14.8 Å². The Morgan fingerprint density at radius 3 is 3.00 bits per heavy atom. The van der Waals surface area contributed by atoms with E-state index < -0.39 is 0 Å². The Labute approximate surface area is 155 Å². The van der Waals surface area contributed by atoms with Crippen LogP contribution in [-0.4, -0.2) is 41.7 Å². The maximum absolute atomic E-state index is 12.5. The van der Waals surface area contributed by atoms with Gasteiger partial charge in [-0.2, -0.15) is 0 Å². The number of amides is 2. The van der Waals surface area contributed by atoms with Crippen LogP contribution in [-0.2, 0) is 0 Å². The highest BCUT2D eigenvalue weighted by Crippen LogP contribution is 2.26. The minimum absolute atomic E-state index is 0.0703. The number of rotatable bonds is 5. The molecular weight excluding hydrogens is 386 g/mol. The highest BCUT2D eigenvalue weighted by Gasteiger charge is 2.28. The topological polar surface area (TPSA) is 63.7 Å². The van der Waals surface area contributed by atoms with Crippen molar-refractivity contribution in [2.45, 2.75) is 19.4 Å². The molecule has 1 aliphatic rings. The molecule has 2 heterocycles. The molecule has 0 spiro atoms. The van der Waals surface area contributed by atoms with E-state index in [1.165, 1.54) is 0 Å². The molecule has 3 rings (SSSR count). The summed E-state index contributed by atoms with van der Waals surface area (Å²) in [7, 11) is 0. The monoisotopic (exact) mass is 405 g/mol. The summed E-state index contributed by atoms with van der Waals surface area (Å²) >= 11 is 3.42. The fourth-order valence-corrected chi connectivity index (χ4v) is 3.02. The molecule has 2 amide bonds. The normalized spacial score (nSPS) is 16.6. The van der Waals surface area contributed by atoms with Gasteiger partial charge in [0.2, 0.25) is 5.88 Å². The van der Waals surface area contributed by atoms with E-state index in [1.807, 2.05) is 43.3 Å². The number of para-hydroxylation sites is 2. The lowest BCUT2D eigenvalue weighted by Crippen LogP contribution is -2.34. The zero-order chi connectivity index (χ0) is 17.6. The molecule has 132 valence electrons. The van der Waals surface area contributed by atoms with Crippen molar-refractivity contribution in [2.24, 2.45) is 0 Å². The summed E-state index contributed by atoms with van der Waals surface area (Å²) in [4.78, 5) is 18.5. The first kappa shape index (κ1) is 17.5. The lowest BCUT2D eigenvalue weighted by molar-refractivity contribution is 0.189. The second kappa shape index (κ2) is 8.20. The second-order valence-corrected chi connectivity index (χ2v) is 6.48. The summed E-state index contributed by atoms with van der Waals surface area (Å²) in [6.45, 7) is 3.62. The third-order valence-electron chi connectivity index (χ3n) is 3.86. The van der Waals surface area contributed by atoms with Crippen molar-refractivity contribution in [1.29, 1.82) is 0 Å². The maximum atomic E-state index is 12.5. The molecule has 1 aromatic carbocycles. The minimum Gasteiger partial charge on any atom is -0.492 e. The Kier molecular flexibility index (Phi) is 5.75. The van der Waals surface area contributed by atoms with Gasteiger partial charge in [-0.1, -0.05) is 12.1 Å². The largest absolute Gasteiger partial charge is 0.492 e. The van der Waals surface area contributed by atoms with Gasteiger partial charge in [0.05, 0.1) is 23.3 Å². The molecule has 6 nitrogen and oxygen atoms in total. The molecule has 0 saturated carbocycles. The zero-order valence-corrected chi connectivity index (χ0v) is 15.5. The van der Waals surface area contributed by atoms with Crippen LogP contribution in [0.3, 0.4) is 0 Å². The highest BCUT2D eigenvalue weighted by molar-refractivity contribution is 9.10. The standard InChI is InChI=1S/C18H20BrN3O3/c1-2-24-16-8-4-3-7-15(16)21-18(23)22-11-9-13(12-22)25-17-14(19)6-5-10-20-17/h3-8,10,13H,2,9,11-12H2,1H3,(H,21,23). The number of nitrogens with one attached hydrogen (secondary N) is 1. The molecule has 0 radical (unpaired) electrons. The van der Waals surface area contributed by atoms with Gasteiger partial charge < -0.3 is 19.7 Å². The van der Waals surface area contributed by atoms with Crippen LogP contribution in [0.4, 0.5) is 10.5 Å². The van der Waals surface area contributed by atoms with Crippen molar-refractivity contribution >= 4 is 27.6 Å². The molecule has 0 bridgehead atoms. The number of carbonyl (C=O) groups excluding carboxylic acids is 1. The summed E-state index contributed by atoms with van der Waals surface area (Å²) in [6, 6.07) is 11.0. The van der Waals surface area contributed by atoms with E-state index in [0.717, 1.165) is 10.9 Å². The van der Waals surface area contributed by atoms with Gasteiger partial charge in [-0.05, 0) is 47.1 Å². The summed E-state index contributed by atoms with van der Waals surface area (Å²) in [5.41, 5.74) is 0.672. The van der Waals surface area contributed by atoms with Crippen molar-refractivity contribution in [3.63, 3.8) is 0 Å². The first-order chi connectivity index (χ1) is 12.2. The van der Waals surface area contributed by atoms with Gasteiger partial charge in [0.15, 0.2) is 0 Å². The van der Waals surface area contributed by atoms with Crippen molar-refractivity contribution in [1.82, 2.24) is 9.88 Å². The van der Waals surface area contributed by atoms with Crippen molar-refractivity contribution in [2.75, 3.05) is 25.0 Å². The van der Waals surface area contributed by atoms with E-state index in [0.29, 0.717) is 37.0 Å². The van der Waals surface area contributed by atoms with E-state index in [9.17, 15) is 4.79 Å². The highest BCUT2D eigenvalue weighted by atomic mass is 79.9. The van der Waals surface area contributed by atoms with Crippen molar-refractivity contribution < 1.29 is 14.3 Å². The van der Waals surface area contributed by atoms with Crippen LogP contribution in [0.5, 0.6) is 11.6 Å². The summed E-state index contributed by atoms with van der Waals surface area (Å²) in [6.07, 6.45) is 2.38. The Balaban J connectivity index is 1.59. The molecule has 1 atom stereocenters. The second-order valence-electron chi connectivity index (χ2n) is 5.62. The molecule has 7 heteroatoms. The molecule has 1 aromatic heterocycles. The van der Waals surface area contributed by atoms with Gasteiger partial charge in [-0.15, -0.1) is 0 Å². The van der Waals surface area contributed by atoms with E-state index in [-0.39, 0.29) is 12.1 Å². The van der Waals surface area contributed by atoms with Crippen LogP contribution >= 0.6 is 15.9 Å². The van der Waals surface area contributed by atoms with Gasteiger partial charge in [0.1, 0.15) is 11.9 Å². The average Bonchev–Trinajstić information content (AvgIpc) is 3.08. The number of hydrogen-bond donors (Lipinski definition) is 1. The third-order valence-corrected chi connectivity index (χ3v) is 4.47. The van der Waals surface area contributed by atoms with E-state index >= 15 is 0 Å². The maximum Gasteiger partial charge on any atom is 0.322 e. The van der Waals surface area contributed by atoms with Gasteiger partial charge >= 0.3 is 6.03 Å². The first-order valence-corrected chi connectivity index (χ1v) is 9.01. The van der Waals surface area contributed by atoms with Gasteiger partial charge in [-0.25, -0.2) is 9.78 Å². The first-order valence-electron chi connectivity index (χ1n) is 8.22. The van der Waals surface area contributed by atoms with E-state index in [1.54, 1.807) is 11.1 Å². The quantitative estimate of drug-likeness (QED) is 0.818. The molecule has 1 aliphatic heterocycles. The molecule has 1 fully saturated rings. The SMILES string of the molecule is CCOc1ccccc1NC(=O)N1CCC(Oc2ncccc2Br)C1. The number of aromatic nitrogens is 1. The number of halogens is 1. The van der Waals surface area contributed by atoms with Crippen LogP contribution in [0, 0.1) is 0 Å². The number of benzene rings is 1. The Morgan fingerprint density at radius 1 is 1.36 bits per heavy atom. The number of pyridine rings is 1. The zero-order valence-electron chi connectivity index (χ0n) is 13.9. The number of urea groups is 1. The molecular formula is C18H20BrN3O3. The molecule has 2 aromatic rings. The number of hydrogen-bond acceptors (Lipinski definition) is 4. The number of ether oxygens (including phenoxy) is 2. The van der Waals surface area contributed by atoms with Crippen molar-refractivity contribution in [3.8, 4) is 11.6 Å². The molecule has 25 heavy (non-hydrogen) atoms. The lowest BCUT2D eigenvalue weighted by atomic mass is 10.3. The average molecular weight is 406 g/mol.